The molecule has 1 rings (SSSR count). The van der Waals surface area contributed by atoms with Crippen molar-refractivity contribution in [2.45, 2.75) is 12.8 Å². The highest BCUT2D eigenvalue weighted by Gasteiger charge is 2.04. The first-order valence-corrected chi connectivity index (χ1v) is 5.96. The summed E-state index contributed by atoms with van der Waals surface area (Å²) in [7, 11) is 0. The van der Waals surface area contributed by atoms with Crippen LogP contribution in [0.3, 0.4) is 0 Å². The highest BCUT2D eigenvalue weighted by molar-refractivity contribution is 6.42. The van der Waals surface area contributed by atoms with Crippen molar-refractivity contribution in [3.05, 3.63) is 28.2 Å². The fourth-order valence-corrected chi connectivity index (χ4v) is 1.54. The van der Waals surface area contributed by atoms with Crippen LogP contribution in [0.4, 0.5) is 10.5 Å². The zero-order valence-electron chi connectivity index (χ0n) is 9.37. The monoisotopic (exact) mass is 290 g/mol. The van der Waals surface area contributed by atoms with Gasteiger partial charge in [-0.2, -0.15) is 0 Å². The zero-order chi connectivity index (χ0) is 13.5. The van der Waals surface area contributed by atoms with Crippen LogP contribution >= 0.6 is 23.2 Å². The van der Waals surface area contributed by atoms with Crippen molar-refractivity contribution >= 4 is 40.9 Å². The van der Waals surface area contributed by atoms with Crippen molar-refractivity contribution in [3.63, 3.8) is 0 Å². The van der Waals surface area contributed by atoms with Gasteiger partial charge in [0.15, 0.2) is 0 Å². The molecule has 5 nitrogen and oxygen atoms in total. The molecule has 1 aromatic rings. The van der Waals surface area contributed by atoms with Gasteiger partial charge < -0.3 is 15.7 Å². The van der Waals surface area contributed by atoms with Crippen LogP contribution in [0, 0.1) is 0 Å². The fraction of sp³-hybridized carbons (Fsp3) is 0.273. The van der Waals surface area contributed by atoms with Crippen LogP contribution in [0.5, 0.6) is 0 Å². The van der Waals surface area contributed by atoms with Crippen LogP contribution < -0.4 is 10.6 Å². The number of carboxylic acid groups (broad SMARTS) is 1. The molecule has 0 saturated carbocycles. The van der Waals surface area contributed by atoms with E-state index >= 15 is 0 Å². The van der Waals surface area contributed by atoms with Crippen molar-refractivity contribution < 1.29 is 14.7 Å². The van der Waals surface area contributed by atoms with Gasteiger partial charge >= 0.3 is 6.09 Å². The van der Waals surface area contributed by atoms with E-state index in [1.807, 2.05) is 0 Å². The maximum Gasteiger partial charge on any atom is 0.404 e. The first-order chi connectivity index (χ1) is 8.49. The van der Waals surface area contributed by atoms with E-state index in [9.17, 15) is 9.59 Å². The Morgan fingerprint density at radius 2 is 1.94 bits per heavy atom. The maximum absolute atomic E-state index is 11.5. The van der Waals surface area contributed by atoms with Gasteiger partial charge in [-0.1, -0.05) is 23.2 Å². The van der Waals surface area contributed by atoms with Crippen molar-refractivity contribution in [1.82, 2.24) is 5.32 Å². The molecule has 0 heterocycles. The topological polar surface area (TPSA) is 78.4 Å². The van der Waals surface area contributed by atoms with Crippen molar-refractivity contribution in [2.24, 2.45) is 0 Å². The molecule has 3 N–H and O–H groups in total. The van der Waals surface area contributed by atoms with E-state index in [1.54, 1.807) is 18.2 Å². The van der Waals surface area contributed by atoms with E-state index in [1.165, 1.54) is 0 Å². The van der Waals surface area contributed by atoms with Gasteiger partial charge in [0.2, 0.25) is 5.91 Å². The lowest BCUT2D eigenvalue weighted by atomic mass is 10.2. The Hall–Kier alpha value is -1.46. The second-order valence-corrected chi connectivity index (χ2v) is 4.33. The molecule has 0 aromatic heterocycles. The van der Waals surface area contributed by atoms with Gasteiger partial charge in [0.1, 0.15) is 0 Å². The molecular weight excluding hydrogens is 279 g/mol. The average molecular weight is 291 g/mol. The number of nitrogens with one attached hydrogen (secondary N) is 2. The average Bonchev–Trinajstić information content (AvgIpc) is 2.29. The van der Waals surface area contributed by atoms with Gasteiger partial charge in [-0.15, -0.1) is 0 Å². The Balaban J connectivity index is 2.35. The van der Waals surface area contributed by atoms with Crippen molar-refractivity contribution in [3.8, 4) is 0 Å². The molecule has 0 saturated heterocycles. The molecule has 0 atom stereocenters. The molecule has 98 valence electrons. The van der Waals surface area contributed by atoms with E-state index in [-0.39, 0.29) is 18.9 Å². The minimum absolute atomic E-state index is 0.208. The molecule has 2 amide bonds. The minimum Gasteiger partial charge on any atom is -0.465 e. The third-order valence-electron chi connectivity index (χ3n) is 2.06. The predicted molar refractivity (Wildman–Crippen MR) is 70.4 cm³/mol. The molecule has 7 heteroatoms. The Labute approximate surface area is 114 Å². The number of hydrogen-bond acceptors (Lipinski definition) is 2. The largest absolute Gasteiger partial charge is 0.465 e. The third kappa shape index (κ3) is 5.25. The van der Waals surface area contributed by atoms with E-state index in [0.717, 1.165) is 0 Å². The number of carbonyl (C=O) groups excluding carboxylic acids is 1. The second-order valence-electron chi connectivity index (χ2n) is 3.51. The summed E-state index contributed by atoms with van der Waals surface area (Å²) in [6, 6.07) is 4.78. The lowest BCUT2D eigenvalue weighted by Crippen LogP contribution is -2.23. The predicted octanol–water partition coefficient (Wildman–Crippen LogP) is 2.98. The number of hydrogen-bond donors (Lipinski definition) is 3. The smallest absolute Gasteiger partial charge is 0.404 e. The van der Waals surface area contributed by atoms with Crippen LogP contribution in [-0.2, 0) is 4.79 Å². The SMILES string of the molecule is O=C(O)NCCCC(=O)Nc1ccc(Cl)c(Cl)c1. The first kappa shape index (κ1) is 14.6. The zero-order valence-corrected chi connectivity index (χ0v) is 10.9. The molecule has 1 aromatic carbocycles. The first-order valence-electron chi connectivity index (χ1n) is 5.20. The van der Waals surface area contributed by atoms with Crippen LogP contribution in [0.25, 0.3) is 0 Å². The molecule has 18 heavy (non-hydrogen) atoms. The van der Waals surface area contributed by atoms with Gasteiger partial charge in [0, 0.05) is 18.7 Å². The summed E-state index contributed by atoms with van der Waals surface area (Å²) in [6.07, 6.45) is -0.445. The highest BCUT2D eigenvalue weighted by atomic mass is 35.5. The van der Waals surface area contributed by atoms with E-state index in [2.05, 4.69) is 10.6 Å². The Bertz CT molecular complexity index is 452. The van der Waals surface area contributed by atoms with Crippen LogP contribution in [0.1, 0.15) is 12.8 Å². The molecule has 0 aliphatic rings. The van der Waals surface area contributed by atoms with Gasteiger partial charge in [-0.05, 0) is 24.6 Å². The Kier molecular flexibility index (Phi) is 5.74. The minimum atomic E-state index is -1.10. The molecular formula is C11H12Cl2N2O3. The molecule has 0 aliphatic carbocycles. The standard InChI is InChI=1S/C11H12Cl2N2O3/c12-8-4-3-7(6-9(8)13)15-10(16)2-1-5-14-11(17)18/h3-4,6,14H,1-2,5H2,(H,15,16)(H,17,18). The lowest BCUT2D eigenvalue weighted by molar-refractivity contribution is -0.116. The number of rotatable bonds is 5. The van der Waals surface area contributed by atoms with Gasteiger partial charge in [0.05, 0.1) is 10.0 Å². The van der Waals surface area contributed by atoms with Gasteiger partial charge in [-0.25, -0.2) is 4.79 Å². The Morgan fingerprint density at radius 3 is 2.56 bits per heavy atom. The number of anilines is 1. The van der Waals surface area contributed by atoms with Crippen LogP contribution in [-0.4, -0.2) is 23.7 Å². The van der Waals surface area contributed by atoms with Crippen LogP contribution in [0.2, 0.25) is 10.0 Å². The van der Waals surface area contributed by atoms with E-state index < -0.39 is 6.09 Å². The summed E-state index contributed by atoms with van der Waals surface area (Å²) in [5, 5.41) is 13.9. The number of carbonyl (C=O) groups is 2. The lowest BCUT2D eigenvalue weighted by Gasteiger charge is -2.06. The quantitative estimate of drug-likeness (QED) is 0.730. The fourth-order valence-electron chi connectivity index (χ4n) is 1.24. The number of halogens is 2. The molecule has 0 radical (unpaired) electrons. The third-order valence-corrected chi connectivity index (χ3v) is 2.80. The number of amides is 2. The summed E-state index contributed by atoms with van der Waals surface area (Å²) >= 11 is 11.5. The summed E-state index contributed by atoms with van der Waals surface area (Å²) in [5.41, 5.74) is 0.556. The van der Waals surface area contributed by atoms with Crippen molar-refractivity contribution in [1.29, 1.82) is 0 Å². The summed E-state index contributed by atoms with van der Waals surface area (Å²) < 4.78 is 0. The van der Waals surface area contributed by atoms with E-state index in [0.29, 0.717) is 22.2 Å². The normalized spacial score (nSPS) is 9.89. The second kappa shape index (κ2) is 7.08. The molecule has 0 fully saturated rings. The number of benzene rings is 1. The maximum atomic E-state index is 11.5. The van der Waals surface area contributed by atoms with E-state index in [4.69, 9.17) is 28.3 Å². The van der Waals surface area contributed by atoms with Gasteiger partial charge in [0.25, 0.3) is 0 Å². The van der Waals surface area contributed by atoms with Gasteiger partial charge in [-0.3, -0.25) is 4.79 Å². The molecule has 0 unspecified atom stereocenters. The molecule has 0 spiro atoms. The molecule has 0 bridgehead atoms. The molecule has 0 aliphatic heterocycles. The highest BCUT2D eigenvalue weighted by Crippen LogP contribution is 2.24. The summed E-state index contributed by atoms with van der Waals surface area (Å²) in [4.78, 5) is 21.7. The summed E-state index contributed by atoms with van der Waals surface area (Å²) in [5.74, 6) is -0.208. The Morgan fingerprint density at radius 1 is 1.22 bits per heavy atom. The summed E-state index contributed by atoms with van der Waals surface area (Å²) in [6.45, 7) is 0.240. The van der Waals surface area contributed by atoms with Crippen LogP contribution in [0.15, 0.2) is 18.2 Å². The van der Waals surface area contributed by atoms with Crippen molar-refractivity contribution in [2.75, 3.05) is 11.9 Å².